The van der Waals surface area contributed by atoms with E-state index < -0.39 is 0 Å². The average molecular weight is 330 g/mol. The lowest BCUT2D eigenvalue weighted by Gasteiger charge is -2.12. The van der Waals surface area contributed by atoms with E-state index in [0.717, 1.165) is 21.8 Å². The van der Waals surface area contributed by atoms with E-state index in [1.54, 1.807) is 0 Å². The smallest absolute Gasteiger partial charge is 0.0786 e. The molecule has 0 aliphatic carbocycles. The van der Waals surface area contributed by atoms with Crippen LogP contribution in [-0.2, 0) is 0 Å². The third kappa shape index (κ3) is 1.76. The van der Waals surface area contributed by atoms with Gasteiger partial charge in [-0.25, -0.2) is 0 Å². The number of pyridine rings is 2. The summed E-state index contributed by atoms with van der Waals surface area (Å²) in [5, 5.41) is 9.65. The standard InChI is InChI=1S/C24H14N2/c1-3-18-11-9-16-7-5-15-6-8-17-10-12-19-4-2-14-26-24(19)22(17)20(15)21(16)23(18)25-13-1/h1-14H. The molecule has 0 atom stereocenters. The van der Waals surface area contributed by atoms with Gasteiger partial charge < -0.3 is 0 Å². The van der Waals surface area contributed by atoms with Gasteiger partial charge >= 0.3 is 0 Å². The molecule has 2 aromatic heterocycles. The van der Waals surface area contributed by atoms with Crippen LogP contribution < -0.4 is 0 Å². The maximum Gasteiger partial charge on any atom is 0.0786 e. The highest BCUT2D eigenvalue weighted by molar-refractivity contribution is 6.30. The normalized spacial score (nSPS) is 11.8. The molecule has 6 aromatic rings. The van der Waals surface area contributed by atoms with E-state index in [4.69, 9.17) is 9.97 Å². The van der Waals surface area contributed by atoms with E-state index in [1.807, 2.05) is 24.5 Å². The molecule has 2 heterocycles. The topological polar surface area (TPSA) is 25.8 Å². The third-order valence-electron chi connectivity index (χ3n) is 5.29. The van der Waals surface area contributed by atoms with Gasteiger partial charge in [0.1, 0.15) is 0 Å². The van der Waals surface area contributed by atoms with E-state index in [2.05, 4.69) is 60.7 Å². The number of benzene rings is 4. The fourth-order valence-electron chi connectivity index (χ4n) is 4.12. The summed E-state index contributed by atoms with van der Waals surface area (Å²) in [6.07, 6.45) is 3.75. The maximum atomic E-state index is 4.73. The molecule has 0 saturated heterocycles. The molecule has 0 spiro atoms. The summed E-state index contributed by atoms with van der Waals surface area (Å²) in [5.74, 6) is 0. The van der Waals surface area contributed by atoms with Crippen molar-refractivity contribution in [2.24, 2.45) is 0 Å². The zero-order valence-electron chi connectivity index (χ0n) is 14.0. The van der Waals surface area contributed by atoms with Crippen LogP contribution in [0.15, 0.2) is 85.2 Å². The number of nitrogens with zero attached hydrogens (tertiary/aromatic N) is 2. The number of aromatic nitrogens is 2. The van der Waals surface area contributed by atoms with Crippen molar-refractivity contribution in [3.05, 3.63) is 85.2 Å². The molecule has 0 fully saturated rings. The predicted octanol–water partition coefficient (Wildman–Crippen LogP) is 6.24. The number of hydrogen-bond donors (Lipinski definition) is 0. The molecule has 0 unspecified atom stereocenters. The van der Waals surface area contributed by atoms with E-state index in [0.29, 0.717) is 0 Å². The highest BCUT2D eigenvalue weighted by Gasteiger charge is 2.12. The maximum absolute atomic E-state index is 4.73. The summed E-state index contributed by atoms with van der Waals surface area (Å²) in [6, 6.07) is 25.7. The minimum Gasteiger partial charge on any atom is -0.256 e. The highest BCUT2D eigenvalue weighted by atomic mass is 14.7. The lowest BCUT2D eigenvalue weighted by Crippen LogP contribution is -1.87. The van der Waals surface area contributed by atoms with Gasteiger partial charge in [0.25, 0.3) is 0 Å². The summed E-state index contributed by atoms with van der Waals surface area (Å²) >= 11 is 0. The van der Waals surface area contributed by atoms with Crippen molar-refractivity contribution in [1.29, 1.82) is 0 Å². The summed E-state index contributed by atoms with van der Waals surface area (Å²) in [6.45, 7) is 0. The zero-order chi connectivity index (χ0) is 17.1. The van der Waals surface area contributed by atoms with Gasteiger partial charge in [0.15, 0.2) is 0 Å². The van der Waals surface area contributed by atoms with Crippen LogP contribution in [-0.4, -0.2) is 9.97 Å². The van der Waals surface area contributed by atoms with Crippen LogP contribution in [0.4, 0.5) is 0 Å². The quantitative estimate of drug-likeness (QED) is 0.308. The Labute approximate surface area is 149 Å². The van der Waals surface area contributed by atoms with Gasteiger partial charge in [-0.2, -0.15) is 0 Å². The van der Waals surface area contributed by atoms with Gasteiger partial charge in [-0.15, -0.1) is 0 Å². The fourth-order valence-corrected chi connectivity index (χ4v) is 4.12. The highest BCUT2D eigenvalue weighted by Crippen LogP contribution is 2.38. The lowest BCUT2D eigenvalue weighted by atomic mass is 9.93. The zero-order valence-corrected chi connectivity index (χ0v) is 14.0. The van der Waals surface area contributed by atoms with Crippen molar-refractivity contribution in [3.63, 3.8) is 0 Å². The molecule has 0 N–H and O–H groups in total. The fraction of sp³-hybridized carbons (Fsp3) is 0. The van der Waals surface area contributed by atoms with E-state index in [-0.39, 0.29) is 0 Å². The van der Waals surface area contributed by atoms with E-state index in [9.17, 15) is 0 Å². The molecule has 26 heavy (non-hydrogen) atoms. The molecule has 0 saturated carbocycles. The SMILES string of the molecule is c1cnc2c(c1)ccc1ccc3ccc4ccc5cccnc5c4c3c12. The Morgan fingerprint density at radius 1 is 0.385 bits per heavy atom. The largest absolute Gasteiger partial charge is 0.256 e. The second-order valence-electron chi connectivity index (χ2n) is 6.71. The van der Waals surface area contributed by atoms with Gasteiger partial charge in [0.05, 0.1) is 11.0 Å². The minimum atomic E-state index is 1.05. The first-order valence-electron chi connectivity index (χ1n) is 8.77. The van der Waals surface area contributed by atoms with Crippen LogP contribution in [0.1, 0.15) is 0 Å². The van der Waals surface area contributed by atoms with Crippen molar-refractivity contribution in [2.45, 2.75) is 0 Å². The molecule has 0 bridgehead atoms. The van der Waals surface area contributed by atoms with Crippen LogP contribution in [0.3, 0.4) is 0 Å². The minimum absolute atomic E-state index is 1.05. The van der Waals surface area contributed by atoms with Crippen LogP contribution >= 0.6 is 0 Å². The van der Waals surface area contributed by atoms with Gasteiger partial charge in [0, 0.05) is 39.3 Å². The van der Waals surface area contributed by atoms with Crippen LogP contribution in [0.5, 0.6) is 0 Å². The summed E-state index contributed by atoms with van der Waals surface area (Å²) in [4.78, 5) is 9.45. The van der Waals surface area contributed by atoms with Crippen molar-refractivity contribution in [3.8, 4) is 0 Å². The van der Waals surface area contributed by atoms with Gasteiger partial charge in [-0.1, -0.05) is 60.7 Å². The monoisotopic (exact) mass is 330 g/mol. The van der Waals surface area contributed by atoms with Gasteiger partial charge in [-0.05, 0) is 28.3 Å². The first-order valence-corrected chi connectivity index (χ1v) is 8.77. The molecule has 0 radical (unpaired) electrons. The first kappa shape index (κ1) is 13.7. The third-order valence-corrected chi connectivity index (χ3v) is 5.29. The van der Waals surface area contributed by atoms with Crippen molar-refractivity contribution in [1.82, 2.24) is 9.97 Å². The predicted molar refractivity (Wildman–Crippen MR) is 110 cm³/mol. The summed E-state index contributed by atoms with van der Waals surface area (Å²) < 4.78 is 0. The Kier molecular flexibility index (Phi) is 2.64. The Bertz CT molecular complexity index is 1360. The second-order valence-corrected chi connectivity index (χ2v) is 6.71. The molecular formula is C24H14N2. The molecule has 2 heteroatoms. The first-order chi connectivity index (χ1) is 12.9. The van der Waals surface area contributed by atoms with Gasteiger partial charge in [-0.3, -0.25) is 9.97 Å². The Morgan fingerprint density at radius 3 is 1.23 bits per heavy atom. The molecule has 0 aliphatic rings. The summed E-state index contributed by atoms with van der Waals surface area (Å²) in [7, 11) is 0. The van der Waals surface area contributed by atoms with Crippen molar-refractivity contribution >= 4 is 54.1 Å². The van der Waals surface area contributed by atoms with Crippen molar-refractivity contribution < 1.29 is 0 Å². The number of hydrogen-bond acceptors (Lipinski definition) is 2. The molecule has 2 nitrogen and oxygen atoms in total. The summed E-state index contributed by atoms with van der Waals surface area (Å²) in [5.41, 5.74) is 2.10. The second kappa shape index (κ2) is 4.99. The molecule has 0 aliphatic heterocycles. The Balaban J connectivity index is 2.03. The number of fused-ring (bicyclic) bond motifs is 9. The average Bonchev–Trinajstić information content (AvgIpc) is 2.72. The van der Waals surface area contributed by atoms with Crippen LogP contribution in [0.2, 0.25) is 0 Å². The van der Waals surface area contributed by atoms with Gasteiger partial charge in [0.2, 0.25) is 0 Å². The molecule has 4 aromatic carbocycles. The van der Waals surface area contributed by atoms with Crippen molar-refractivity contribution in [2.75, 3.05) is 0 Å². The Morgan fingerprint density at radius 2 is 0.769 bits per heavy atom. The lowest BCUT2D eigenvalue weighted by molar-refractivity contribution is 1.43. The molecule has 0 amide bonds. The molecule has 120 valence electrons. The van der Waals surface area contributed by atoms with E-state index in [1.165, 1.54) is 32.3 Å². The Hall–Kier alpha value is -3.52. The van der Waals surface area contributed by atoms with E-state index >= 15 is 0 Å². The molecule has 6 rings (SSSR count). The van der Waals surface area contributed by atoms with Crippen LogP contribution in [0.25, 0.3) is 54.1 Å². The number of rotatable bonds is 0. The van der Waals surface area contributed by atoms with Crippen LogP contribution in [0, 0.1) is 0 Å². The molecular weight excluding hydrogens is 316 g/mol.